The van der Waals surface area contributed by atoms with Crippen molar-refractivity contribution in [3.63, 3.8) is 0 Å². The minimum Gasteiger partial charge on any atom is -0.508 e. The van der Waals surface area contributed by atoms with Gasteiger partial charge in [0.25, 0.3) is 11.8 Å². The summed E-state index contributed by atoms with van der Waals surface area (Å²) in [7, 11) is 0. The molecular weight excluding hydrogens is 482 g/mol. The van der Waals surface area contributed by atoms with Crippen LogP contribution in [0.1, 0.15) is 50.6 Å². The van der Waals surface area contributed by atoms with Crippen LogP contribution in [-0.2, 0) is 9.53 Å². The van der Waals surface area contributed by atoms with Gasteiger partial charge in [-0.3, -0.25) is 9.59 Å². The average molecular weight is 510 g/mol. The fourth-order valence-electron chi connectivity index (χ4n) is 3.10. The number of aromatic hydroxyl groups is 1. The fourth-order valence-corrected chi connectivity index (χ4v) is 4.15. The SMILES string of the molecule is CCOC(=O)c1c(NC(=O)c2ccc(O[C@H](C)C(=O)N/N=C/c3ccc(O)cc3)cc2)sc(C)c1C. The molecule has 3 aromatic rings. The van der Waals surface area contributed by atoms with E-state index in [1.54, 1.807) is 50.2 Å². The first-order valence-corrected chi connectivity index (χ1v) is 12.0. The number of phenolic OH excluding ortho intramolecular Hbond substituents is 1. The van der Waals surface area contributed by atoms with Gasteiger partial charge in [0.15, 0.2) is 6.10 Å². The van der Waals surface area contributed by atoms with Gasteiger partial charge in [-0.1, -0.05) is 0 Å². The van der Waals surface area contributed by atoms with Crippen LogP contribution in [0.25, 0.3) is 0 Å². The smallest absolute Gasteiger partial charge is 0.341 e. The lowest BCUT2D eigenvalue weighted by atomic mass is 10.1. The predicted molar refractivity (Wildman–Crippen MR) is 138 cm³/mol. The molecule has 188 valence electrons. The Kier molecular flexibility index (Phi) is 8.80. The molecule has 0 fully saturated rings. The lowest BCUT2D eigenvalue weighted by Crippen LogP contribution is -2.33. The number of aryl methyl sites for hydroxylation is 1. The molecule has 2 amide bonds. The fraction of sp³-hybridized carbons (Fsp3) is 0.231. The van der Waals surface area contributed by atoms with E-state index < -0.39 is 18.0 Å². The van der Waals surface area contributed by atoms with Crippen molar-refractivity contribution in [1.29, 1.82) is 0 Å². The largest absolute Gasteiger partial charge is 0.508 e. The second-order valence-electron chi connectivity index (χ2n) is 7.77. The highest BCUT2D eigenvalue weighted by atomic mass is 32.1. The number of hydrogen-bond acceptors (Lipinski definition) is 8. The van der Waals surface area contributed by atoms with Crippen LogP contribution in [0.15, 0.2) is 53.6 Å². The van der Waals surface area contributed by atoms with Gasteiger partial charge in [0, 0.05) is 10.4 Å². The summed E-state index contributed by atoms with van der Waals surface area (Å²) in [5, 5.41) is 16.4. The Balaban J connectivity index is 1.58. The van der Waals surface area contributed by atoms with Gasteiger partial charge >= 0.3 is 5.97 Å². The van der Waals surface area contributed by atoms with Crippen molar-refractivity contribution in [2.45, 2.75) is 33.8 Å². The Morgan fingerprint density at radius 1 is 1.08 bits per heavy atom. The Labute approximate surface area is 212 Å². The van der Waals surface area contributed by atoms with Crippen molar-refractivity contribution in [3.05, 3.63) is 75.7 Å². The number of hydrazone groups is 1. The first-order chi connectivity index (χ1) is 17.2. The van der Waals surface area contributed by atoms with Crippen molar-refractivity contribution in [2.75, 3.05) is 11.9 Å². The molecule has 1 heterocycles. The first kappa shape index (κ1) is 26.4. The zero-order valence-corrected chi connectivity index (χ0v) is 21.1. The summed E-state index contributed by atoms with van der Waals surface area (Å²) in [5.41, 5.74) is 4.60. The van der Waals surface area contributed by atoms with E-state index in [0.717, 1.165) is 10.4 Å². The van der Waals surface area contributed by atoms with Gasteiger partial charge in [-0.05, 0) is 87.4 Å². The second kappa shape index (κ2) is 12.0. The minimum atomic E-state index is -0.842. The Morgan fingerprint density at radius 2 is 1.75 bits per heavy atom. The molecule has 0 spiro atoms. The van der Waals surface area contributed by atoms with Crippen molar-refractivity contribution < 1.29 is 29.0 Å². The molecule has 3 rings (SSSR count). The number of ether oxygens (including phenoxy) is 2. The van der Waals surface area contributed by atoms with Crippen LogP contribution in [0.2, 0.25) is 0 Å². The molecule has 36 heavy (non-hydrogen) atoms. The summed E-state index contributed by atoms with van der Waals surface area (Å²) < 4.78 is 10.8. The summed E-state index contributed by atoms with van der Waals surface area (Å²) >= 11 is 1.31. The van der Waals surface area contributed by atoms with E-state index in [2.05, 4.69) is 15.8 Å². The molecule has 0 saturated carbocycles. The van der Waals surface area contributed by atoms with Crippen LogP contribution in [0.5, 0.6) is 11.5 Å². The summed E-state index contributed by atoms with van der Waals surface area (Å²) in [6.45, 7) is 7.23. The van der Waals surface area contributed by atoms with E-state index >= 15 is 0 Å². The standard InChI is InChI=1S/C26H27N3O6S/c1-5-34-26(33)22-15(2)17(4)36-25(22)28-24(32)19-8-12-21(13-9-19)35-16(3)23(31)29-27-14-18-6-10-20(30)11-7-18/h6-14,16,30H,5H2,1-4H3,(H,28,32)(H,29,31)/b27-14+/t16-/m1/s1. The predicted octanol–water partition coefficient (Wildman–Crippen LogP) is 4.42. The molecule has 0 saturated heterocycles. The monoisotopic (exact) mass is 509 g/mol. The Morgan fingerprint density at radius 3 is 2.39 bits per heavy atom. The molecule has 0 aliphatic rings. The number of carbonyl (C=O) groups excluding carboxylic acids is 3. The lowest BCUT2D eigenvalue weighted by Gasteiger charge is -2.13. The number of nitrogens with zero attached hydrogens (tertiary/aromatic N) is 1. The van der Waals surface area contributed by atoms with Crippen LogP contribution in [0, 0.1) is 13.8 Å². The average Bonchev–Trinajstić information content (AvgIpc) is 3.13. The molecule has 0 radical (unpaired) electrons. The maximum atomic E-state index is 12.8. The molecule has 0 unspecified atom stereocenters. The highest BCUT2D eigenvalue weighted by Gasteiger charge is 2.22. The normalized spacial score (nSPS) is 11.7. The molecule has 1 atom stereocenters. The molecule has 0 aliphatic heterocycles. The quantitative estimate of drug-likeness (QED) is 0.223. The van der Waals surface area contributed by atoms with E-state index in [1.165, 1.54) is 29.7 Å². The number of carbonyl (C=O) groups is 3. The topological polar surface area (TPSA) is 126 Å². The molecule has 9 nitrogen and oxygen atoms in total. The van der Waals surface area contributed by atoms with Crippen molar-refractivity contribution in [2.24, 2.45) is 5.10 Å². The highest BCUT2D eigenvalue weighted by Crippen LogP contribution is 2.33. The van der Waals surface area contributed by atoms with Gasteiger partial charge in [-0.15, -0.1) is 11.3 Å². The number of anilines is 1. The third-order valence-electron chi connectivity index (χ3n) is 5.17. The molecular formula is C26H27N3O6S. The van der Waals surface area contributed by atoms with E-state index in [-0.39, 0.29) is 18.3 Å². The van der Waals surface area contributed by atoms with Crippen molar-refractivity contribution >= 4 is 40.3 Å². The first-order valence-electron chi connectivity index (χ1n) is 11.2. The highest BCUT2D eigenvalue weighted by molar-refractivity contribution is 7.16. The number of phenols is 1. The van der Waals surface area contributed by atoms with Crippen LogP contribution in [0.3, 0.4) is 0 Å². The number of benzene rings is 2. The number of hydrogen-bond donors (Lipinski definition) is 3. The van der Waals surface area contributed by atoms with Crippen molar-refractivity contribution in [3.8, 4) is 11.5 Å². The van der Waals surface area contributed by atoms with E-state index in [0.29, 0.717) is 27.4 Å². The molecule has 10 heteroatoms. The van der Waals surface area contributed by atoms with Gasteiger partial charge in [0.2, 0.25) is 0 Å². The van der Waals surface area contributed by atoms with Gasteiger partial charge in [0.1, 0.15) is 16.5 Å². The number of thiophene rings is 1. The number of rotatable bonds is 9. The van der Waals surface area contributed by atoms with Crippen LogP contribution >= 0.6 is 11.3 Å². The number of nitrogens with one attached hydrogen (secondary N) is 2. The number of amides is 2. The number of esters is 1. The molecule has 0 bridgehead atoms. The van der Waals surface area contributed by atoms with E-state index in [1.807, 2.05) is 13.8 Å². The Bertz CT molecular complexity index is 1270. The zero-order chi connectivity index (χ0) is 26.2. The summed E-state index contributed by atoms with van der Waals surface area (Å²) in [5.74, 6) is -0.783. The third kappa shape index (κ3) is 6.70. The van der Waals surface area contributed by atoms with E-state index in [4.69, 9.17) is 9.47 Å². The van der Waals surface area contributed by atoms with Crippen LogP contribution in [0.4, 0.5) is 5.00 Å². The van der Waals surface area contributed by atoms with Gasteiger partial charge in [-0.25, -0.2) is 10.2 Å². The second-order valence-corrected chi connectivity index (χ2v) is 9.00. The van der Waals surface area contributed by atoms with Crippen LogP contribution in [-0.4, -0.2) is 41.8 Å². The molecule has 0 aliphatic carbocycles. The molecule has 1 aromatic heterocycles. The van der Waals surface area contributed by atoms with Crippen LogP contribution < -0.4 is 15.5 Å². The summed E-state index contributed by atoms with van der Waals surface area (Å²) in [4.78, 5) is 38.3. The maximum absolute atomic E-state index is 12.8. The lowest BCUT2D eigenvalue weighted by molar-refractivity contribution is -0.127. The van der Waals surface area contributed by atoms with Gasteiger partial charge in [0.05, 0.1) is 18.4 Å². The van der Waals surface area contributed by atoms with Gasteiger partial charge < -0.3 is 19.9 Å². The van der Waals surface area contributed by atoms with Gasteiger partial charge in [-0.2, -0.15) is 5.10 Å². The molecule has 3 N–H and O–H groups in total. The maximum Gasteiger partial charge on any atom is 0.341 e. The summed E-state index contributed by atoms with van der Waals surface area (Å²) in [6.07, 6.45) is 0.604. The Hall–Kier alpha value is -4.18. The summed E-state index contributed by atoms with van der Waals surface area (Å²) in [6, 6.07) is 12.6. The minimum absolute atomic E-state index is 0.139. The molecule has 2 aromatic carbocycles. The van der Waals surface area contributed by atoms with E-state index in [9.17, 15) is 19.5 Å². The zero-order valence-electron chi connectivity index (χ0n) is 20.3. The van der Waals surface area contributed by atoms with Crippen molar-refractivity contribution in [1.82, 2.24) is 5.43 Å². The third-order valence-corrected chi connectivity index (χ3v) is 6.29.